The van der Waals surface area contributed by atoms with Crippen LogP contribution in [-0.4, -0.2) is 19.7 Å². The molecule has 0 N–H and O–H groups in total. The molecular formula is C21H27NO. The van der Waals surface area contributed by atoms with Gasteiger partial charge in [-0.05, 0) is 69.0 Å². The van der Waals surface area contributed by atoms with Crippen molar-refractivity contribution in [1.29, 1.82) is 0 Å². The molecular weight excluding hydrogens is 282 g/mol. The number of fused-ring (bicyclic) bond motifs is 1. The summed E-state index contributed by atoms with van der Waals surface area (Å²) >= 11 is 0. The average Bonchev–Trinajstić information content (AvgIpc) is 2.77. The lowest BCUT2D eigenvalue weighted by molar-refractivity contribution is 0.121. The van der Waals surface area contributed by atoms with Gasteiger partial charge in [-0.2, -0.15) is 0 Å². The molecule has 122 valence electrons. The van der Waals surface area contributed by atoms with E-state index in [0.717, 1.165) is 5.75 Å². The van der Waals surface area contributed by atoms with Crippen molar-refractivity contribution in [3.63, 3.8) is 0 Å². The Hall–Kier alpha value is -1.96. The summed E-state index contributed by atoms with van der Waals surface area (Å²) in [5, 5.41) is 0. The molecule has 0 fully saturated rings. The summed E-state index contributed by atoms with van der Waals surface area (Å²) in [6, 6.07) is 11.2. The van der Waals surface area contributed by atoms with Gasteiger partial charge in [0.15, 0.2) is 0 Å². The van der Waals surface area contributed by atoms with Gasteiger partial charge >= 0.3 is 0 Å². The van der Waals surface area contributed by atoms with Crippen LogP contribution in [-0.2, 0) is 0 Å². The van der Waals surface area contributed by atoms with Crippen LogP contribution in [0.4, 0.5) is 5.69 Å². The fraction of sp³-hybridized carbons (Fsp3) is 0.429. The van der Waals surface area contributed by atoms with Crippen LogP contribution >= 0.6 is 0 Å². The molecule has 0 radical (unpaired) electrons. The molecule has 2 nitrogen and oxygen atoms in total. The number of hydrogen-bond donors (Lipinski definition) is 0. The van der Waals surface area contributed by atoms with Crippen molar-refractivity contribution in [3.05, 3.63) is 58.1 Å². The smallest absolute Gasteiger partial charge is 0.127 e. The van der Waals surface area contributed by atoms with E-state index < -0.39 is 0 Å². The molecule has 0 aromatic heterocycles. The van der Waals surface area contributed by atoms with E-state index in [1.807, 2.05) is 0 Å². The number of nitrogens with zero attached hydrogens (tertiary/aromatic N) is 1. The van der Waals surface area contributed by atoms with E-state index >= 15 is 0 Å². The maximum atomic E-state index is 6.42. The second-order valence-corrected chi connectivity index (χ2v) is 7.50. The molecule has 0 aliphatic carbocycles. The minimum Gasteiger partial charge on any atom is -0.486 e. The highest BCUT2D eigenvalue weighted by Crippen LogP contribution is 2.51. The van der Waals surface area contributed by atoms with Gasteiger partial charge in [-0.15, -0.1) is 0 Å². The first-order valence-corrected chi connectivity index (χ1v) is 8.29. The molecule has 23 heavy (non-hydrogen) atoms. The normalized spacial score (nSPS) is 18.5. The summed E-state index contributed by atoms with van der Waals surface area (Å²) in [6.07, 6.45) is 0. The Labute approximate surface area is 140 Å². The Kier molecular flexibility index (Phi) is 3.66. The van der Waals surface area contributed by atoms with Gasteiger partial charge in [0.1, 0.15) is 11.4 Å². The van der Waals surface area contributed by atoms with E-state index in [0.29, 0.717) is 0 Å². The van der Waals surface area contributed by atoms with E-state index in [1.54, 1.807) is 0 Å². The maximum absolute atomic E-state index is 6.42. The molecule has 2 heteroatoms. The van der Waals surface area contributed by atoms with Gasteiger partial charge in [0, 0.05) is 25.3 Å². The number of hydrogen-bond acceptors (Lipinski definition) is 2. The molecule has 1 aliphatic rings. The molecule has 3 rings (SSSR count). The zero-order valence-corrected chi connectivity index (χ0v) is 15.3. The van der Waals surface area contributed by atoms with Crippen molar-refractivity contribution in [3.8, 4) is 5.75 Å². The summed E-state index contributed by atoms with van der Waals surface area (Å²) in [4.78, 5) is 2.13. The lowest BCUT2D eigenvalue weighted by Crippen LogP contribution is -2.31. The lowest BCUT2D eigenvalue weighted by Gasteiger charge is -2.27. The van der Waals surface area contributed by atoms with E-state index in [9.17, 15) is 0 Å². The predicted octanol–water partition coefficient (Wildman–Crippen LogP) is 4.98. The Morgan fingerprint density at radius 3 is 2.13 bits per heavy atom. The van der Waals surface area contributed by atoms with Gasteiger partial charge in [0.2, 0.25) is 0 Å². The first kappa shape index (κ1) is 15.9. The van der Waals surface area contributed by atoms with Crippen molar-refractivity contribution in [2.24, 2.45) is 0 Å². The van der Waals surface area contributed by atoms with Crippen molar-refractivity contribution in [2.45, 2.75) is 46.1 Å². The van der Waals surface area contributed by atoms with Crippen LogP contribution in [0, 0.1) is 20.8 Å². The van der Waals surface area contributed by atoms with Crippen LogP contribution in [0.15, 0.2) is 30.3 Å². The number of anilines is 1. The van der Waals surface area contributed by atoms with Gasteiger partial charge in [0.25, 0.3) is 0 Å². The summed E-state index contributed by atoms with van der Waals surface area (Å²) in [6.45, 7) is 10.9. The van der Waals surface area contributed by atoms with Crippen LogP contribution in [0.1, 0.15) is 47.6 Å². The van der Waals surface area contributed by atoms with Crippen molar-refractivity contribution >= 4 is 5.69 Å². The maximum Gasteiger partial charge on any atom is 0.127 e. The summed E-state index contributed by atoms with van der Waals surface area (Å²) in [5.41, 5.74) is 7.58. The number of rotatable bonds is 2. The van der Waals surface area contributed by atoms with Crippen LogP contribution in [0.25, 0.3) is 0 Å². The van der Waals surface area contributed by atoms with E-state index in [-0.39, 0.29) is 11.5 Å². The zero-order valence-electron chi connectivity index (χ0n) is 15.3. The lowest BCUT2D eigenvalue weighted by atomic mass is 9.79. The van der Waals surface area contributed by atoms with Crippen molar-refractivity contribution < 1.29 is 4.74 Å². The minimum absolute atomic E-state index is 0.231. The fourth-order valence-electron chi connectivity index (χ4n) is 3.76. The standard InChI is InChI=1S/C21H27NO/c1-13-12-14(2)18-19(21(4,5)23-20(18)15(13)3)16-8-10-17(11-9-16)22(6)7/h8-12,19H,1-7H3. The third-order valence-electron chi connectivity index (χ3n) is 5.13. The summed E-state index contributed by atoms with van der Waals surface area (Å²) < 4.78 is 6.42. The summed E-state index contributed by atoms with van der Waals surface area (Å²) in [5.74, 6) is 1.36. The van der Waals surface area contributed by atoms with E-state index in [2.05, 4.69) is 83.9 Å². The zero-order chi connectivity index (χ0) is 16.9. The molecule has 1 unspecified atom stereocenters. The van der Waals surface area contributed by atoms with Crippen LogP contribution < -0.4 is 9.64 Å². The highest BCUT2D eigenvalue weighted by atomic mass is 16.5. The largest absolute Gasteiger partial charge is 0.486 e. The van der Waals surface area contributed by atoms with Gasteiger partial charge in [-0.3, -0.25) is 0 Å². The predicted molar refractivity (Wildman–Crippen MR) is 98.0 cm³/mol. The molecule has 2 aromatic rings. The molecule has 0 bridgehead atoms. The minimum atomic E-state index is -0.231. The summed E-state index contributed by atoms with van der Waals surface area (Å²) in [7, 11) is 4.15. The van der Waals surface area contributed by atoms with Gasteiger partial charge in [0.05, 0.1) is 5.92 Å². The number of benzene rings is 2. The average molecular weight is 309 g/mol. The molecule has 1 heterocycles. The van der Waals surface area contributed by atoms with Gasteiger partial charge < -0.3 is 9.64 Å². The fourth-order valence-corrected chi connectivity index (χ4v) is 3.76. The Morgan fingerprint density at radius 1 is 0.957 bits per heavy atom. The quantitative estimate of drug-likeness (QED) is 0.775. The number of aryl methyl sites for hydroxylation is 2. The second-order valence-electron chi connectivity index (χ2n) is 7.50. The third kappa shape index (κ3) is 2.50. The highest BCUT2D eigenvalue weighted by molar-refractivity contribution is 5.59. The van der Waals surface area contributed by atoms with Crippen molar-refractivity contribution in [1.82, 2.24) is 0 Å². The Balaban J connectivity index is 2.15. The molecule has 0 amide bonds. The second kappa shape index (κ2) is 5.30. The van der Waals surface area contributed by atoms with Crippen LogP contribution in [0.3, 0.4) is 0 Å². The van der Waals surface area contributed by atoms with Crippen molar-refractivity contribution in [2.75, 3.05) is 19.0 Å². The van der Waals surface area contributed by atoms with Crippen LogP contribution in [0.2, 0.25) is 0 Å². The molecule has 0 saturated heterocycles. The van der Waals surface area contributed by atoms with Gasteiger partial charge in [-0.1, -0.05) is 18.2 Å². The topological polar surface area (TPSA) is 12.5 Å². The van der Waals surface area contributed by atoms with Gasteiger partial charge in [-0.25, -0.2) is 0 Å². The molecule has 0 saturated carbocycles. The van der Waals surface area contributed by atoms with Crippen LogP contribution in [0.5, 0.6) is 5.75 Å². The van der Waals surface area contributed by atoms with E-state index in [1.165, 1.54) is 33.5 Å². The first-order valence-electron chi connectivity index (χ1n) is 8.29. The monoisotopic (exact) mass is 309 g/mol. The third-order valence-corrected chi connectivity index (χ3v) is 5.13. The highest BCUT2D eigenvalue weighted by Gasteiger charge is 2.43. The molecule has 1 atom stereocenters. The first-order chi connectivity index (χ1) is 10.7. The molecule has 0 spiro atoms. The SMILES string of the molecule is Cc1cc(C)c2c(c1C)OC(C)(C)C2c1ccc(N(C)C)cc1. The molecule has 2 aromatic carbocycles. The Morgan fingerprint density at radius 2 is 1.57 bits per heavy atom. The van der Waals surface area contributed by atoms with E-state index in [4.69, 9.17) is 4.74 Å². The Bertz CT molecular complexity index is 741. The molecule has 1 aliphatic heterocycles. The number of ether oxygens (including phenoxy) is 1.